The Hall–Kier alpha value is -1.33. The molecule has 1 aromatic carbocycles. The van der Waals surface area contributed by atoms with Crippen molar-refractivity contribution in [3.8, 4) is 5.75 Å². The fourth-order valence-corrected chi connectivity index (χ4v) is 2.67. The van der Waals surface area contributed by atoms with E-state index in [9.17, 15) is 4.79 Å². The van der Waals surface area contributed by atoms with E-state index in [0.717, 1.165) is 0 Å². The summed E-state index contributed by atoms with van der Waals surface area (Å²) in [6.07, 6.45) is 0. The molecule has 0 aliphatic carbocycles. The van der Waals surface area contributed by atoms with E-state index >= 15 is 0 Å². The van der Waals surface area contributed by atoms with Gasteiger partial charge in [-0.25, -0.2) is 9.78 Å². The molecular formula is C13H11BrClNO3. The topological polar surface area (TPSA) is 48.4 Å². The summed E-state index contributed by atoms with van der Waals surface area (Å²) in [4.78, 5) is 16.2. The van der Waals surface area contributed by atoms with Gasteiger partial charge in [0.1, 0.15) is 15.9 Å². The van der Waals surface area contributed by atoms with Crippen LogP contribution in [0.3, 0.4) is 0 Å². The zero-order chi connectivity index (χ0) is 14.0. The number of carbonyl (C=O) groups is 1. The van der Waals surface area contributed by atoms with Gasteiger partial charge in [-0.05, 0) is 35.0 Å². The van der Waals surface area contributed by atoms with Gasteiger partial charge in [0.05, 0.1) is 24.3 Å². The van der Waals surface area contributed by atoms with Crippen LogP contribution >= 0.6 is 27.5 Å². The van der Waals surface area contributed by atoms with E-state index in [1.807, 2.05) is 0 Å². The zero-order valence-electron chi connectivity index (χ0n) is 10.4. The van der Waals surface area contributed by atoms with Crippen LogP contribution in [-0.4, -0.2) is 24.7 Å². The van der Waals surface area contributed by atoms with Crippen molar-refractivity contribution in [3.63, 3.8) is 0 Å². The number of fused-ring (bicyclic) bond motifs is 1. The van der Waals surface area contributed by atoms with E-state index in [1.165, 1.54) is 0 Å². The van der Waals surface area contributed by atoms with E-state index in [1.54, 1.807) is 32.2 Å². The highest BCUT2D eigenvalue weighted by Crippen LogP contribution is 2.33. The van der Waals surface area contributed by atoms with Crippen LogP contribution < -0.4 is 4.74 Å². The summed E-state index contributed by atoms with van der Waals surface area (Å²) >= 11 is 9.51. The van der Waals surface area contributed by atoms with Crippen molar-refractivity contribution in [3.05, 3.63) is 33.4 Å². The molecule has 2 rings (SSSR count). The molecule has 6 heteroatoms. The smallest absolute Gasteiger partial charge is 0.342 e. The fourth-order valence-electron chi connectivity index (χ4n) is 1.68. The molecule has 0 radical (unpaired) electrons. The Kier molecular flexibility index (Phi) is 4.27. The molecule has 0 aliphatic rings. The Balaban J connectivity index is 2.65. The number of halogens is 2. The first-order chi connectivity index (χ1) is 9.08. The maximum Gasteiger partial charge on any atom is 0.342 e. The molecule has 0 saturated carbocycles. The molecular weight excluding hydrogens is 334 g/mol. The molecule has 2 aromatic rings. The Morgan fingerprint density at radius 3 is 2.84 bits per heavy atom. The molecule has 0 spiro atoms. The molecule has 1 heterocycles. The van der Waals surface area contributed by atoms with Gasteiger partial charge in [0.25, 0.3) is 0 Å². The second kappa shape index (κ2) is 5.75. The number of ether oxygens (including phenoxy) is 2. The molecule has 0 bridgehead atoms. The second-order valence-electron chi connectivity index (χ2n) is 3.70. The molecule has 0 N–H and O–H groups in total. The Morgan fingerprint density at radius 1 is 1.47 bits per heavy atom. The van der Waals surface area contributed by atoms with Crippen molar-refractivity contribution < 1.29 is 14.3 Å². The van der Waals surface area contributed by atoms with E-state index < -0.39 is 5.97 Å². The van der Waals surface area contributed by atoms with Gasteiger partial charge in [-0.15, -0.1) is 0 Å². The zero-order valence-corrected chi connectivity index (χ0v) is 12.7. The Labute approximate surface area is 123 Å². The number of hydrogen-bond acceptors (Lipinski definition) is 4. The third-order valence-corrected chi connectivity index (χ3v) is 3.53. The molecule has 1 aromatic heterocycles. The van der Waals surface area contributed by atoms with Gasteiger partial charge in [0.15, 0.2) is 0 Å². The van der Waals surface area contributed by atoms with Crippen LogP contribution in [0.2, 0.25) is 5.02 Å². The first-order valence-corrected chi connectivity index (χ1v) is 6.75. The SMILES string of the molecule is CCOC(=O)c1c(Br)nc2cc(OC)ccc2c1Cl. The summed E-state index contributed by atoms with van der Waals surface area (Å²) in [6.45, 7) is 2.02. The van der Waals surface area contributed by atoms with Gasteiger partial charge in [0, 0.05) is 11.5 Å². The quantitative estimate of drug-likeness (QED) is 0.627. The lowest BCUT2D eigenvalue weighted by molar-refractivity contribution is 0.0525. The standard InChI is InChI=1S/C13H11BrClNO3/c1-3-19-13(17)10-11(15)8-5-4-7(18-2)6-9(8)16-12(10)14/h4-6H,3H2,1-2H3. The Bertz CT molecular complexity index is 645. The number of methoxy groups -OCH3 is 1. The molecule has 0 amide bonds. The number of pyridine rings is 1. The minimum atomic E-state index is -0.496. The van der Waals surface area contributed by atoms with Crippen LogP contribution in [0.15, 0.2) is 22.8 Å². The normalized spacial score (nSPS) is 10.5. The number of carbonyl (C=O) groups excluding carboxylic acids is 1. The van der Waals surface area contributed by atoms with Gasteiger partial charge in [-0.1, -0.05) is 11.6 Å². The molecule has 0 unspecified atom stereocenters. The maximum absolute atomic E-state index is 11.9. The van der Waals surface area contributed by atoms with Crippen molar-refractivity contribution in [2.75, 3.05) is 13.7 Å². The lowest BCUT2D eigenvalue weighted by Crippen LogP contribution is -2.08. The van der Waals surface area contributed by atoms with Gasteiger partial charge in [-0.2, -0.15) is 0 Å². The summed E-state index contributed by atoms with van der Waals surface area (Å²) in [5, 5.41) is 0.992. The number of benzene rings is 1. The number of hydrogen-bond donors (Lipinski definition) is 0. The van der Waals surface area contributed by atoms with Crippen LogP contribution in [0.1, 0.15) is 17.3 Å². The van der Waals surface area contributed by atoms with Crippen molar-refractivity contribution >= 4 is 44.4 Å². The first kappa shape index (κ1) is 14.1. The van der Waals surface area contributed by atoms with E-state index in [-0.39, 0.29) is 12.2 Å². The van der Waals surface area contributed by atoms with Crippen molar-refractivity contribution in [1.29, 1.82) is 0 Å². The number of aromatic nitrogens is 1. The molecule has 19 heavy (non-hydrogen) atoms. The molecule has 4 nitrogen and oxygen atoms in total. The van der Waals surface area contributed by atoms with Gasteiger partial charge in [0.2, 0.25) is 0 Å². The average molecular weight is 345 g/mol. The third kappa shape index (κ3) is 2.67. The minimum absolute atomic E-state index is 0.237. The highest BCUT2D eigenvalue weighted by atomic mass is 79.9. The van der Waals surface area contributed by atoms with Crippen LogP contribution in [0.25, 0.3) is 10.9 Å². The second-order valence-corrected chi connectivity index (χ2v) is 4.82. The number of esters is 1. The highest BCUT2D eigenvalue weighted by Gasteiger charge is 2.20. The maximum atomic E-state index is 11.9. The van der Waals surface area contributed by atoms with E-state index in [2.05, 4.69) is 20.9 Å². The molecule has 0 aliphatic heterocycles. The minimum Gasteiger partial charge on any atom is -0.497 e. The van der Waals surface area contributed by atoms with Crippen LogP contribution in [0.4, 0.5) is 0 Å². The highest BCUT2D eigenvalue weighted by molar-refractivity contribution is 9.10. The molecule has 0 atom stereocenters. The van der Waals surface area contributed by atoms with Gasteiger partial charge < -0.3 is 9.47 Å². The lowest BCUT2D eigenvalue weighted by atomic mass is 10.1. The van der Waals surface area contributed by atoms with Crippen LogP contribution in [0, 0.1) is 0 Å². The summed E-state index contributed by atoms with van der Waals surface area (Å²) in [6, 6.07) is 5.28. The lowest BCUT2D eigenvalue weighted by Gasteiger charge is -2.09. The summed E-state index contributed by atoms with van der Waals surface area (Å²) in [5.41, 5.74) is 0.880. The van der Waals surface area contributed by atoms with Gasteiger partial charge in [-0.3, -0.25) is 0 Å². The van der Waals surface area contributed by atoms with Crippen LogP contribution in [-0.2, 0) is 4.74 Å². The van der Waals surface area contributed by atoms with E-state index in [0.29, 0.717) is 26.3 Å². The average Bonchev–Trinajstić information content (AvgIpc) is 2.38. The predicted octanol–water partition coefficient (Wildman–Crippen LogP) is 3.84. The van der Waals surface area contributed by atoms with E-state index in [4.69, 9.17) is 21.1 Å². The fraction of sp³-hybridized carbons (Fsp3) is 0.231. The predicted molar refractivity (Wildman–Crippen MR) is 77.0 cm³/mol. The van der Waals surface area contributed by atoms with Crippen molar-refractivity contribution in [2.24, 2.45) is 0 Å². The number of rotatable bonds is 3. The molecule has 100 valence electrons. The third-order valence-electron chi connectivity index (χ3n) is 2.57. The van der Waals surface area contributed by atoms with Crippen molar-refractivity contribution in [2.45, 2.75) is 6.92 Å². The summed E-state index contributed by atoms with van der Waals surface area (Å²) in [7, 11) is 1.57. The van der Waals surface area contributed by atoms with Crippen LogP contribution in [0.5, 0.6) is 5.75 Å². The Morgan fingerprint density at radius 2 is 2.21 bits per heavy atom. The summed E-state index contributed by atoms with van der Waals surface area (Å²) < 4.78 is 10.5. The van der Waals surface area contributed by atoms with Crippen molar-refractivity contribution in [1.82, 2.24) is 4.98 Å². The molecule has 0 fully saturated rings. The molecule has 0 saturated heterocycles. The largest absolute Gasteiger partial charge is 0.497 e. The number of nitrogens with zero attached hydrogens (tertiary/aromatic N) is 1. The summed E-state index contributed by atoms with van der Waals surface area (Å²) in [5.74, 6) is 0.177. The van der Waals surface area contributed by atoms with Gasteiger partial charge >= 0.3 is 5.97 Å². The first-order valence-electron chi connectivity index (χ1n) is 5.58. The monoisotopic (exact) mass is 343 g/mol.